The van der Waals surface area contributed by atoms with Crippen LogP contribution in [0.1, 0.15) is 28.8 Å². The van der Waals surface area contributed by atoms with Crippen LogP contribution in [0.2, 0.25) is 0 Å². The van der Waals surface area contributed by atoms with Crippen LogP contribution in [-0.4, -0.2) is 37.6 Å². The monoisotopic (exact) mass is 339 g/mol. The second-order valence-electron chi connectivity index (χ2n) is 6.62. The van der Waals surface area contributed by atoms with Crippen LogP contribution in [0.5, 0.6) is 11.5 Å². The van der Waals surface area contributed by atoms with Crippen molar-refractivity contribution >= 4 is 5.91 Å². The molecule has 0 saturated carbocycles. The number of benzene rings is 2. The highest BCUT2D eigenvalue weighted by Gasteiger charge is 2.25. The van der Waals surface area contributed by atoms with Crippen molar-refractivity contribution in [2.24, 2.45) is 5.92 Å². The van der Waals surface area contributed by atoms with Gasteiger partial charge in [0.2, 0.25) is 0 Å². The number of carbonyl (C=O) groups excluding carboxylic acids is 1. The minimum absolute atomic E-state index is 0.0685. The highest BCUT2D eigenvalue weighted by Crippen LogP contribution is 2.22. The number of likely N-dealkylation sites (tertiary alicyclic amines) is 1. The van der Waals surface area contributed by atoms with Gasteiger partial charge in [-0.05, 0) is 50.1 Å². The maximum absolute atomic E-state index is 12.8. The van der Waals surface area contributed by atoms with Gasteiger partial charge in [-0.15, -0.1) is 0 Å². The lowest BCUT2D eigenvalue weighted by Crippen LogP contribution is -2.41. The predicted octanol–water partition coefficient (Wildman–Crippen LogP) is 3.93. The summed E-state index contributed by atoms with van der Waals surface area (Å²) in [6.45, 7) is 4.25. The summed E-state index contributed by atoms with van der Waals surface area (Å²) in [6.07, 6.45) is 2.10. The number of piperidine rings is 1. The van der Waals surface area contributed by atoms with Crippen LogP contribution in [0.15, 0.2) is 48.5 Å². The fourth-order valence-corrected chi connectivity index (χ4v) is 3.17. The predicted molar refractivity (Wildman–Crippen MR) is 98.3 cm³/mol. The first-order valence-corrected chi connectivity index (χ1v) is 8.78. The number of hydrogen-bond donors (Lipinski definition) is 0. The Morgan fingerprint density at radius 2 is 1.96 bits per heavy atom. The lowest BCUT2D eigenvalue weighted by molar-refractivity contribution is 0.0633. The van der Waals surface area contributed by atoms with Crippen LogP contribution >= 0.6 is 0 Å². The number of nitrogens with zero attached hydrogens (tertiary/aromatic N) is 1. The Hall–Kier alpha value is -2.49. The van der Waals surface area contributed by atoms with Gasteiger partial charge in [0.25, 0.3) is 5.91 Å². The van der Waals surface area contributed by atoms with Crippen molar-refractivity contribution in [3.05, 3.63) is 59.7 Å². The quantitative estimate of drug-likeness (QED) is 0.828. The third kappa shape index (κ3) is 4.53. The molecule has 0 bridgehead atoms. The molecular weight excluding hydrogens is 314 g/mol. The van der Waals surface area contributed by atoms with Crippen molar-refractivity contribution in [2.75, 3.05) is 26.8 Å². The Labute approximate surface area is 149 Å². The van der Waals surface area contributed by atoms with Gasteiger partial charge in [-0.1, -0.05) is 23.8 Å². The zero-order valence-electron chi connectivity index (χ0n) is 14.9. The molecule has 4 heteroatoms. The summed E-state index contributed by atoms with van der Waals surface area (Å²) >= 11 is 0. The summed E-state index contributed by atoms with van der Waals surface area (Å²) < 4.78 is 11.1. The van der Waals surface area contributed by atoms with E-state index in [1.165, 1.54) is 5.56 Å². The normalized spacial score (nSPS) is 17.2. The van der Waals surface area contributed by atoms with Gasteiger partial charge >= 0.3 is 0 Å². The Morgan fingerprint density at radius 1 is 1.16 bits per heavy atom. The molecule has 2 aromatic carbocycles. The third-order valence-electron chi connectivity index (χ3n) is 4.63. The number of aryl methyl sites for hydroxylation is 1. The molecule has 1 heterocycles. The maximum Gasteiger partial charge on any atom is 0.253 e. The summed E-state index contributed by atoms with van der Waals surface area (Å²) in [6, 6.07) is 15.4. The number of ether oxygens (including phenoxy) is 2. The Bertz CT molecular complexity index is 711. The lowest BCUT2D eigenvalue weighted by atomic mass is 9.98. The summed E-state index contributed by atoms with van der Waals surface area (Å²) in [5.41, 5.74) is 1.90. The molecule has 0 spiro atoms. The molecule has 2 aromatic rings. The Morgan fingerprint density at radius 3 is 2.72 bits per heavy atom. The van der Waals surface area contributed by atoms with Crippen molar-refractivity contribution in [3.63, 3.8) is 0 Å². The van der Waals surface area contributed by atoms with E-state index in [-0.39, 0.29) is 5.91 Å². The third-order valence-corrected chi connectivity index (χ3v) is 4.63. The van der Waals surface area contributed by atoms with E-state index in [1.807, 2.05) is 35.2 Å². The SMILES string of the molecule is COc1cccc(C(=O)N2CCCC(COc3ccc(C)cc3)C2)c1. The van der Waals surface area contributed by atoms with Crippen molar-refractivity contribution in [1.82, 2.24) is 4.90 Å². The van der Waals surface area contributed by atoms with Gasteiger partial charge in [0.05, 0.1) is 13.7 Å². The van der Waals surface area contributed by atoms with E-state index < -0.39 is 0 Å². The minimum atomic E-state index is 0.0685. The van der Waals surface area contributed by atoms with Crippen LogP contribution in [0.3, 0.4) is 0 Å². The van der Waals surface area contributed by atoms with Crippen LogP contribution in [0.25, 0.3) is 0 Å². The number of amides is 1. The van der Waals surface area contributed by atoms with Crippen molar-refractivity contribution in [3.8, 4) is 11.5 Å². The molecule has 0 aromatic heterocycles. The molecule has 0 radical (unpaired) electrons. The molecule has 1 aliphatic heterocycles. The zero-order valence-corrected chi connectivity index (χ0v) is 14.9. The van der Waals surface area contributed by atoms with Gasteiger partial charge in [-0.3, -0.25) is 4.79 Å². The molecule has 1 unspecified atom stereocenters. The van der Waals surface area contributed by atoms with E-state index in [2.05, 4.69) is 19.1 Å². The van der Waals surface area contributed by atoms with Gasteiger partial charge in [-0.2, -0.15) is 0 Å². The fourth-order valence-electron chi connectivity index (χ4n) is 3.17. The average Bonchev–Trinajstić information content (AvgIpc) is 2.67. The topological polar surface area (TPSA) is 38.8 Å². The second-order valence-corrected chi connectivity index (χ2v) is 6.62. The van der Waals surface area contributed by atoms with Crippen LogP contribution in [0, 0.1) is 12.8 Å². The molecule has 3 rings (SSSR count). The minimum Gasteiger partial charge on any atom is -0.497 e. The summed E-state index contributed by atoms with van der Waals surface area (Å²) in [5.74, 6) is 2.03. The summed E-state index contributed by atoms with van der Waals surface area (Å²) in [5, 5.41) is 0. The summed E-state index contributed by atoms with van der Waals surface area (Å²) in [7, 11) is 1.61. The van der Waals surface area contributed by atoms with Crippen molar-refractivity contribution in [1.29, 1.82) is 0 Å². The van der Waals surface area contributed by atoms with E-state index in [0.29, 0.717) is 23.8 Å². The number of rotatable bonds is 5. The molecule has 1 fully saturated rings. The van der Waals surface area contributed by atoms with E-state index in [0.717, 1.165) is 31.7 Å². The lowest BCUT2D eigenvalue weighted by Gasteiger charge is -2.32. The standard InChI is InChI=1S/C21H25NO3/c1-16-8-10-19(11-9-16)25-15-17-5-4-12-22(14-17)21(23)18-6-3-7-20(13-18)24-2/h3,6-11,13,17H,4-5,12,14-15H2,1-2H3. The largest absolute Gasteiger partial charge is 0.497 e. The molecule has 132 valence electrons. The van der Waals surface area contributed by atoms with Gasteiger partial charge < -0.3 is 14.4 Å². The summed E-state index contributed by atoms with van der Waals surface area (Å²) in [4.78, 5) is 14.7. The second kappa shape index (κ2) is 8.06. The highest BCUT2D eigenvalue weighted by molar-refractivity contribution is 5.94. The molecule has 1 saturated heterocycles. The highest BCUT2D eigenvalue weighted by atomic mass is 16.5. The Balaban J connectivity index is 1.58. The number of carbonyl (C=O) groups is 1. The van der Waals surface area contributed by atoms with Gasteiger partial charge in [0.1, 0.15) is 11.5 Å². The molecule has 1 amide bonds. The number of methoxy groups -OCH3 is 1. The molecule has 0 N–H and O–H groups in total. The first-order chi connectivity index (χ1) is 12.2. The molecule has 0 aliphatic carbocycles. The van der Waals surface area contributed by atoms with E-state index in [9.17, 15) is 4.79 Å². The molecular formula is C21H25NO3. The number of hydrogen-bond acceptors (Lipinski definition) is 3. The van der Waals surface area contributed by atoms with Gasteiger partial charge in [0, 0.05) is 24.6 Å². The fraction of sp³-hybridized carbons (Fsp3) is 0.381. The Kier molecular flexibility index (Phi) is 5.59. The molecule has 25 heavy (non-hydrogen) atoms. The van der Waals surface area contributed by atoms with Crippen molar-refractivity contribution < 1.29 is 14.3 Å². The smallest absolute Gasteiger partial charge is 0.253 e. The first-order valence-electron chi connectivity index (χ1n) is 8.78. The van der Waals surface area contributed by atoms with E-state index in [4.69, 9.17) is 9.47 Å². The van der Waals surface area contributed by atoms with Crippen LogP contribution < -0.4 is 9.47 Å². The zero-order chi connectivity index (χ0) is 17.6. The first kappa shape index (κ1) is 17.3. The van der Waals surface area contributed by atoms with E-state index in [1.54, 1.807) is 13.2 Å². The van der Waals surface area contributed by atoms with E-state index >= 15 is 0 Å². The molecule has 1 aliphatic rings. The van der Waals surface area contributed by atoms with Crippen LogP contribution in [0.4, 0.5) is 0 Å². The average molecular weight is 339 g/mol. The van der Waals surface area contributed by atoms with Crippen molar-refractivity contribution in [2.45, 2.75) is 19.8 Å². The molecule has 1 atom stereocenters. The van der Waals surface area contributed by atoms with Gasteiger partial charge in [0.15, 0.2) is 0 Å². The molecule has 4 nitrogen and oxygen atoms in total. The maximum atomic E-state index is 12.8. The van der Waals surface area contributed by atoms with Gasteiger partial charge in [-0.25, -0.2) is 0 Å². The van der Waals surface area contributed by atoms with Crippen LogP contribution in [-0.2, 0) is 0 Å².